The molecule has 0 saturated carbocycles. The third kappa shape index (κ3) is 8.61. The number of aliphatic hydroxyl groups is 1. The smallest absolute Gasteiger partial charge is 0.506 e. The second kappa shape index (κ2) is 14.3. The van der Waals surface area contributed by atoms with Crippen LogP contribution in [-0.4, -0.2) is 94.7 Å². The second-order valence-corrected chi connectivity index (χ2v) is 11.1. The predicted octanol–water partition coefficient (Wildman–Crippen LogP) is 1.05. The molecule has 3 amide bonds. The van der Waals surface area contributed by atoms with E-state index in [-0.39, 0.29) is 18.0 Å². The molecule has 4 atom stereocenters. The number of benzene rings is 1. The Kier molecular flexibility index (Phi) is 11.0. The highest BCUT2D eigenvalue weighted by molar-refractivity contribution is 6.51. The number of rotatable bonds is 13. The molecule has 14 heteroatoms. The van der Waals surface area contributed by atoms with Gasteiger partial charge in [0.2, 0.25) is 11.8 Å². The van der Waals surface area contributed by atoms with Gasteiger partial charge in [-0.3, -0.25) is 24.0 Å². The zero-order valence-corrected chi connectivity index (χ0v) is 24.8. The molecule has 13 nitrogen and oxygen atoms in total. The van der Waals surface area contributed by atoms with E-state index in [1.54, 1.807) is 12.1 Å². The lowest BCUT2D eigenvalue weighted by atomic mass is 9.73. The van der Waals surface area contributed by atoms with E-state index in [1.165, 1.54) is 32.0 Å². The molecule has 3 rings (SSSR count). The molecule has 2 heterocycles. The Morgan fingerprint density at radius 3 is 2.26 bits per heavy atom. The van der Waals surface area contributed by atoms with Gasteiger partial charge in [0.25, 0.3) is 5.91 Å². The van der Waals surface area contributed by atoms with E-state index in [0.29, 0.717) is 5.69 Å². The topological polar surface area (TPSA) is 184 Å². The van der Waals surface area contributed by atoms with E-state index in [0.717, 1.165) is 5.56 Å². The van der Waals surface area contributed by atoms with Crippen molar-refractivity contribution in [3.05, 3.63) is 54.2 Å². The fourth-order valence-electron chi connectivity index (χ4n) is 4.58. The average Bonchev–Trinajstić information content (AvgIpc) is 3.25. The first-order valence-corrected chi connectivity index (χ1v) is 13.8. The summed E-state index contributed by atoms with van der Waals surface area (Å²) >= 11 is 0. The highest BCUT2D eigenvalue weighted by Gasteiger charge is 2.58. The molecule has 4 N–H and O–H groups in total. The second-order valence-electron chi connectivity index (χ2n) is 11.1. The maximum Gasteiger partial charge on any atom is 0.552 e. The van der Waals surface area contributed by atoms with Crippen LogP contribution in [0.25, 0.3) is 11.3 Å². The summed E-state index contributed by atoms with van der Waals surface area (Å²) in [6, 6.07) is 12.6. The van der Waals surface area contributed by atoms with Crippen molar-refractivity contribution in [1.82, 2.24) is 20.5 Å². The lowest BCUT2D eigenvalue weighted by Gasteiger charge is -2.28. The number of amides is 3. The lowest BCUT2D eigenvalue weighted by molar-refractivity contribution is -0.155. The Balaban J connectivity index is 1.80. The van der Waals surface area contributed by atoms with Crippen LogP contribution in [0.4, 0.5) is 0 Å². The van der Waals surface area contributed by atoms with E-state index in [2.05, 4.69) is 15.6 Å². The minimum atomic E-state index is -2.09. The summed E-state index contributed by atoms with van der Waals surface area (Å²) in [6.45, 7) is 5.01. The normalized spacial score (nSPS) is 18.4. The van der Waals surface area contributed by atoms with E-state index >= 15 is 0 Å². The number of carbonyl (C=O) groups is 5. The molecule has 0 unspecified atom stereocenters. The number of pyridine rings is 1. The highest BCUT2D eigenvalue weighted by Crippen LogP contribution is 2.33. The molecular formula is C29H37BN4O9. The van der Waals surface area contributed by atoms with E-state index in [1.807, 2.05) is 44.2 Å². The number of carboxylic acid groups (broad SMARTS) is 1. The molecule has 1 aromatic carbocycles. The first kappa shape index (κ1) is 33.2. The monoisotopic (exact) mass is 596 g/mol. The number of aromatic nitrogens is 1. The van der Waals surface area contributed by atoms with Crippen LogP contribution in [0.3, 0.4) is 0 Å². The highest BCUT2D eigenvalue weighted by atomic mass is 16.7. The minimum absolute atomic E-state index is 0.0237. The van der Waals surface area contributed by atoms with Crippen molar-refractivity contribution in [2.75, 3.05) is 14.1 Å². The number of hydrogen-bond acceptors (Lipinski definition) is 9. The number of carboxylic acids is 1. The summed E-state index contributed by atoms with van der Waals surface area (Å²) in [5, 5.41) is 25.1. The number of nitrogens with zero attached hydrogens (tertiary/aromatic N) is 2. The zero-order chi connectivity index (χ0) is 31.9. The van der Waals surface area contributed by atoms with Crippen molar-refractivity contribution in [1.29, 1.82) is 0 Å². The molecule has 2 aromatic rings. The molecule has 0 aliphatic carbocycles. The fourth-order valence-corrected chi connectivity index (χ4v) is 4.58. The van der Waals surface area contributed by atoms with Crippen LogP contribution in [0, 0.1) is 5.92 Å². The van der Waals surface area contributed by atoms with Gasteiger partial charge in [0, 0.05) is 19.7 Å². The minimum Gasteiger partial charge on any atom is -0.506 e. The van der Waals surface area contributed by atoms with Crippen LogP contribution in [0.2, 0.25) is 0 Å². The van der Waals surface area contributed by atoms with Crippen molar-refractivity contribution in [3.63, 3.8) is 0 Å². The Morgan fingerprint density at radius 1 is 1.00 bits per heavy atom. The molecule has 0 radical (unpaired) electrons. The summed E-state index contributed by atoms with van der Waals surface area (Å²) in [6.07, 6.45) is -2.52. The summed E-state index contributed by atoms with van der Waals surface area (Å²) in [4.78, 5) is 69.1. The van der Waals surface area contributed by atoms with Gasteiger partial charge in [0.1, 0.15) is 11.7 Å². The van der Waals surface area contributed by atoms with Crippen molar-refractivity contribution in [3.8, 4) is 11.3 Å². The van der Waals surface area contributed by atoms with Gasteiger partial charge in [-0.15, -0.1) is 0 Å². The molecule has 1 aromatic heterocycles. The van der Waals surface area contributed by atoms with Crippen LogP contribution in [0.15, 0.2) is 48.5 Å². The number of nitrogens with one attached hydrogen (secondary N) is 2. The van der Waals surface area contributed by atoms with Gasteiger partial charge in [0.05, 0.1) is 30.6 Å². The summed E-state index contributed by atoms with van der Waals surface area (Å²) in [5.74, 6) is -5.53. The Hall–Kier alpha value is -4.30. The number of aliphatic hydroxyl groups excluding tert-OH is 1. The third-order valence-corrected chi connectivity index (χ3v) is 6.79. The summed E-state index contributed by atoms with van der Waals surface area (Å²) < 4.78 is 11.2. The summed E-state index contributed by atoms with van der Waals surface area (Å²) in [5.41, 5.74) is -0.738. The van der Waals surface area contributed by atoms with Gasteiger partial charge in [-0.1, -0.05) is 50.2 Å². The van der Waals surface area contributed by atoms with Gasteiger partial charge in [-0.2, -0.15) is 0 Å². The standard InChI is InChI=1S/C29H37BN4O9/c1-17(2)14-22(30-42-28(41)29(43-30,16-24(37)38)15-23(36)34(4)5)32-27(40)25(18(3)35)33-26(39)21-13-9-12-20(31-21)19-10-7-6-8-11-19/h6-13,17-18,22,25,35H,14-16H2,1-5H3,(H,32,40)(H,33,39)(H,37,38)/t18-,22+,25+,29+/m1/s1. The molecule has 1 aliphatic rings. The number of carbonyl (C=O) groups excluding carboxylic acids is 4. The third-order valence-electron chi connectivity index (χ3n) is 6.79. The van der Waals surface area contributed by atoms with Crippen LogP contribution in [0.5, 0.6) is 0 Å². The Morgan fingerprint density at radius 2 is 1.67 bits per heavy atom. The zero-order valence-electron chi connectivity index (χ0n) is 24.8. The summed E-state index contributed by atoms with van der Waals surface area (Å²) in [7, 11) is 1.48. The van der Waals surface area contributed by atoms with Gasteiger partial charge < -0.3 is 35.1 Å². The van der Waals surface area contributed by atoms with Crippen molar-refractivity contribution < 1.29 is 43.5 Å². The molecule has 0 bridgehead atoms. The van der Waals surface area contributed by atoms with Gasteiger partial charge in [-0.25, -0.2) is 4.98 Å². The number of aliphatic carboxylic acids is 1. The van der Waals surface area contributed by atoms with Gasteiger partial charge in [0.15, 0.2) is 5.60 Å². The predicted molar refractivity (Wildman–Crippen MR) is 155 cm³/mol. The molecule has 1 saturated heterocycles. The van der Waals surface area contributed by atoms with E-state index in [9.17, 15) is 34.2 Å². The van der Waals surface area contributed by atoms with Crippen molar-refractivity contribution >= 4 is 36.8 Å². The molecular weight excluding hydrogens is 559 g/mol. The SMILES string of the molecule is CC(C)C[C@H](NC(=O)[C@@H](NC(=O)c1cccc(-c2ccccc2)n1)[C@@H](C)O)B1OC(=O)[C@@](CC(=O)O)(CC(=O)N(C)C)O1. The first-order chi connectivity index (χ1) is 20.2. The van der Waals surface area contributed by atoms with E-state index in [4.69, 9.17) is 9.31 Å². The quantitative estimate of drug-likeness (QED) is 0.244. The molecule has 0 spiro atoms. The largest absolute Gasteiger partial charge is 0.552 e. The van der Waals surface area contributed by atoms with E-state index < -0.39 is 73.3 Å². The maximum atomic E-state index is 13.4. The van der Waals surface area contributed by atoms with Crippen LogP contribution < -0.4 is 10.6 Å². The van der Waals surface area contributed by atoms with Crippen LogP contribution in [-0.2, 0) is 28.5 Å². The lowest BCUT2D eigenvalue weighted by Crippen LogP contribution is -2.58. The van der Waals surface area contributed by atoms with Crippen LogP contribution in [0.1, 0.15) is 50.5 Å². The fraction of sp³-hybridized carbons (Fsp3) is 0.448. The molecule has 1 fully saturated rings. The Labute approximate surface area is 250 Å². The molecule has 230 valence electrons. The van der Waals surface area contributed by atoms with Crippen molar-refractivity contribution in [2.45, 2.75) is 63.7 Å². The van der Waals surface area contributed by atoms with Crippen molar-refractivity contribution in [2.24, 2.45) is 5.92 Å². The molecule has 43 heavy (non-hydrogen) atoms. The first-order valence-electron chi connectivity index (χ1n) is 13.8. The Bertz CT molecular complexity index is 1340. The van der Waals surface area contributed by atoms with Crippen LogP contribution >= 0.6 is 0 Å². The number of hydrogen-bond donors (Lipinski definition) is 4. The molecule has 1 aliphatic heterocycles. The average molecular weight is 596 g/mol. The van der Waals surface area contributed by atoms with Gasteiger partial charge >= 0.3 is 19.1 Å². The maximum absolute atomic E-state index is 13.4. The van der Waals surface area contributed by atoms with Gasteiger partial charge in [-0.05, 0) is 31.4 Å².